The lowest BCUT2D eigenvalue weighted by Gasteiger charge is -2.05. The van der Waals surface area contributed by atoms with Gasteiger partial charge in [0.05, 0.1) is 6.54 Å². The van der Waals surface area contributed by atoms with Crippen molar-refractivity contribution in [2.24, 2.45) is 7.05 Å². The molecule has 0 spiro atoms. The molecule has 2 aromatic heterocycles. The van der Waals surface area contributed by atoms with Gasteiger partial charge < -0.3 is 0 Å². The van der Waals surface area contributed by atoms with E-state index in [9.17, 15) is 4.79 Å². The summed E-state index contributed by atoms with van der Waals surface area (Å²) in [5, 5.41) is 7.66. The highest BCUT2D eigenvalue weighted by Gasteiger charge is 2.09. The van der Waals surface area contributed by atoms with Gasteiger partial charge in [-0.15, -0.1) is 5.10 Å². The molecular weight excluding hydrogens is 242 g/mol. The van der Waals surface area contributed by atoms with Crippen molar-refractivity contribution in [2.75, 3.05) is 0 Å². The molecule has 0 atom stereocenters. The van der Waals surface area contributed by atoms with Crippen LogP contribution in [0.4, 0.5) is 0 Å². The number of aryl methyl sites for hydroxylation is 2. The van der Waals surface area contributed by atoms with Crippen molar-refractivity contribution < 1.29 is 0 Å². The molecule has 0 amide bonds. The zero-order valence-corrected chi connectivity index (χ0v) is 10.7. The molecule has 0 fully saturated rings. The van der Waals surface area contributed by atoms with E-state index in [1.54, 1.807) is 11.6 Å². The molecule has 0 aliphatic rings. The van der Waals surface area contributed by atoms with Crippen LogP contribution in [0.25, 0.3) is 11.2 Å². The number of aromatic nitrogens is 5. The zero-order valence-electron chi connectivity index (χ0n) is 10.7. The van der Waals surface area contributed by atoms with Crippen molar-refractivity contribution in [1.29, 1.82) is 0 Å². The lowest BCUT2D eigenvalue weighted by Crippen LogP contribution is -2.21. The van der Waals surface area contributed by atoms with E-state index in [1.165, 1.54) is 16.6 Å². The van der Waals surface area contributed by atoms with Gasteiger partial charge >= 0.3 is 0 Å². The largest absolute Gasteiger partial charge is 0.293 e. The summed E-state index contributed by atoms with van der Waals surface area (Å²) in [7, 11) is 1.71. The van der Waals surface area contributed by atoms with Gasteiger partial charge in [0.25, 0.3) is 5.56 Å². The number of rotatable bonds is 2. The molecule has 0 saturated carbocycles. The van der Waals surface area contributed by atoms with Crippen molar-refractivity contribution in [3.63, 3.8) is 0 Å². The Balaban J connectivity index is 2.06. The maximum atomic E-state index is 12.2. The Morgan fingerprint density at radius 3 is 2.95 bits per heavy atom. The summed E-state index contributed by atoms with van der Waals surface area (Å²) in [6, 6.07) is 8.04. The lowest BCUT2D eigenvalue weighted by atomic mass is 10.1. The Bertz CT molecular complexity index is 802. The van der Waals surface area contributed by atoms with Crippen LogP contribution < -0.4 is 5.56 Å². The van der Waals surface area contributed by atoms with E-state index in [4.69, 9.17) is 0 Å². The minimum Gasteiger partial charge on any atom is -0.293 e. The van der Waals surface area contributed by atoms with Gasteiger partial charge in [0.2, 0.25) is 0 Å². The van der Waals surface area contributed by atoms with Crippen LogP contribution in [0.5, 0.6) is 0 Å². The Morgan fingerprint density at radius 2 is 2.16 bits per heavy atom. The Hall–Kier alpha value is -2.50. The third-order valence-corrected chi connectivity index (χ3v) is 3.02. The fourth-order valence-electron chi connectivity index (χ4n) is 2.07. The molecule has 19 heavy (non-hydrogen) atoms. The van der Waals surface area contributed by atoms with Gasteiger partial charge in [0.15, 0.2) is 11.2 Å². The summed E-state index contributed by atoms with van der Waals surface area (Å²) >= 11 is 0. The number of nitrogens with zero attached hydrogens (tertiary/aromatic N) is 5. The summed E-state index contributed by atoms with van der Waals surface area (Å²) in [4.78, 5) is 16.5. The molecule has 0 unspecified atom stereocenters. The second-order valence-electron chi connectivity index (χ2n) is 4.55. The second kappa shape index (κ2) is 4.31. The Kier molecular flexibility index (Phi) is 2.63. The molecule has 6 nitrogen and oxygen atoms in total. The molecule has 2 heterocycles. The van der Waals surface area contributed by atoms with Crippen LogP contribution in [0.1, 0.15) is 11.1 Å². The van der Waals surface area contributed by atoms with Crippen molar-refractivity contribution >= 4 is 11.2 Å². The van der Waals surface area contributed by atoms with Crippen molar-refractivity contribution in [2.45, 2.75) is 13.5 Å². The maximum Gasteiger partial charge on any atom is 0.283 e. The standard InChI is InChI=1S/C13H13N5O/c1-9-4-3-5-10(6-9)7-18-8-14-12-11(13(18)19)15-16-17(12)2/h3-6,8H,7H2,1-2H3. The lowest BCUT2D eigenvalue weighted by molar-refractivity contribution is 0.724. The van der Waals surface area contributed by atoms with Crippen LogP contribution in [0, 0.1) is 6.92 Å². The van der Waals surface area contributed by atoms with E-state index in [0.717, 1.165) is 5.56 Å². The van der Waals surface area contributed by atoms with Crippen molar-refractivity contribution in [1.82, 2.24) is 24.5 Å². The van der Waals surface area contributed by atoms with Gasteiger partial charge in [-0.2, -0.15) is 0 Å². The number of hydrogen-bond acceptors (Lipinski definition) is 4. The smallest absolute Gasteiger partial charge is 0.283 e. The first kappa shape index (κ1) is 11.6. The molecule has 6 heteroatoms. The predicted octanol–water partition coefficient (Wildman–Crippen LogP) is 0.882. The normalized spacial score (nSPS) is 11.1. The van der Waals surface area contributed by atoms with E-state index in [0.29, 0.717) is 17.7 Å². The molecule has 0 N–H and O–H groups in total. The number of fused-ring (bicyclic) bond motifs is 1. The fraction of sp³-hybridized carbons (Fsp3) is 0.231. The first-order valence-corrected chi connectivity index (χ1v) is 5.95. The van der Waals surface area contributed by atoms with Crippen LogP contribution in [0.15, 0.2) is 35.4 Å². The van der Waals surface area contributed by atoms with Crippen molar-refractivity contribution in [3.8, 4) is 0 Å². The average Bonchev–Trinajstić information content (AvgIpc) is 2.76. The first-order chi connectivity index (χ1) is 9.15. The minimum absolute atomic E-state index is 0.167. The fourth-order valence-corrected chi connectivity index (χ4v) is 2.07. The molecule has 3 aromatic rings. The van der Waals surface area contributed by atoms with Crippen molar-refractivity contribution in [3.05, 3.63) is 52.1 Å². The summed E-state index contributed by atoms with van der Waals surface area (Å²) < 4.78 is 3.04. The quantitative estimate of drug-likeness (QED) is 0.682. The topological polar surface area (TPSA) is 65.6 Å². The Labute approximate surface area is 109 Å². The number of hydrogen-bond donors (Lipinski definition) is 0. The van der Waals surface area contributed by atoms with Crippen LogP contribution in [-0.4, -0.2) is 24.5 Å². The van der Waals surface area contributed by atoms with Crippen LogP contribution in [-0.2, 0) is 13.6 Å². The van der Waals surface area contributed by atoms with Crippen LogP contribution in [0.3, 0.4) is 0 Å². The van der Waals surface area contributed by atoms with E-state index < -0.39 is 0 Å². The summed E-state index contributed by atoms with van der Waals surface area (Å²) in [6.45, 7) is 2.51. The van der Waals surface area contributed by atoms with E-state index >= 15 is 0 Å². The molecule has 0 bridgehead atoms. The highest BCUT2D eigenvalue weighted by molar-refractivity contribution is 5.67. The maximum absolute atomic E-state index is 12.2. The SMILES string of the molecule is Cc1cccc(Cn2cnc3c(nnn3C)c2=O)c1. The second-order valence-corrected chi connectivity index (χ2v) is 4.55. The third-order valence-electron chi connectivity index (χ3n) is 3.02. The predicted molar refractivity (Wildman–Crippen MR) is 70.8 cm³/mol. The van der Waals surface area contributed by atoms with E-state index in [2.05, 4.69) is 15.3 Å². The molecule has 96 valence electrons. The van der Waals surface area contributed by atoms with Gasteiger partial charge in [0, 0.05) is 7.05 Å². The summed E-state index contributed by atoms with van der Waals surface area (Å²) in [5.74, 6) is 0. The Morgan fingerprint density at radius 1 is 1.32 bits per heavy atom. The molecule has 0 radical (unpaired) electrons. The number of benzene rings is 1. The monoisotopic (exact) mass is 255 g/mol. The first-order valence-electron chi connectivity index (χ1n) is 5.95. The van der Waals surface area contributed by atoms with Gasteiger partial charge in [0.1, 0.15) is 6.33 Å². The van der Waals surface area contributed by atoms with E-state index in [1.807, 2.05) is 31.2 Å². The molecule has 0 saturated heterocycles. The van der Waals surface area contributed by atoms with Crippen LogP contribution >= 0.6 is 0 Å². The molecule has 0 aliphatic carbocycles. The van der Waals surface area contributed by atoms with E-state index in [-0.39, 0.29) is 5.56 Å². The minimum atomic E-state index is -0.167. The molecule has 3 rings (SSSR count). The zero-order chi connectivity index (χ0) is 13.4. The van der Waals surface area contributed by atoms with Gasteiger partial charge in [-0.1, -0.05) is 35.0 Å². The van der Waals surface area contributed by atoms with Gasteiger partial charge in [-0.25, -0.2) is 9.67 Å². The summed E-state index contributed by atoms with van der Waals surface area (Å²) in [5.41, 5.74) is 2.87. The molecule has 1 aromatic carbocycles. The van der Waals surface area contributed by atoms with Gasteiger partial charge in [-0.3, -0.25) is 9.36 Å². The third kappa shape index (κ3) is 2.01. The molecule has 0 aliphatic heterocycles. The average molecular weight is 255 g/mol. The highest BCUT2D eigenvalue weighted by Crippen LogP contribution is 2.06. The molecular formula is C13H13N5O. The van der Waals surface area contributed by atoms with Crippen LogP contribution in [0.2, 0.25) is 0 Å². The summed E-state index contributed by atoms with van der Waals surface area (Å²) in [6.07, 6.45) is 1.54. The highest BCUT2D eigenvalue weighted by atomic mass is 16.1. The van der Waals surface area contributed by atoms with Gasteiger partial charge in [-0.05, 0) is 12.5 Å².